The zero-order valence-electron chi connectivity index (χ0n) is 10.2. The van der Waals surface area contributed by atoms with Gasteiger partial charge in [-0.25, -0.2) is 0 Å². The standard InChI is InChI=1S/C12H19NO4/c1-16-12(15)10-2-4-13(5-3-10)11(14)6-9-7-17-8-9/h9-10H,2-8H2,1H3. The van der Waals surface area contributed by atoms with Crippen LogP contribution in [-0.2, 0) is 19.1 Å². The number of hydrogen-bond donors (Lipinski definition) is 0. The molecule has 0 radical (unpaired) electrons. The number of piperidine rings is 1. The van der Waals surface area contributed by atoms with Crippen molar-refractivity contribution in [2.24, 2.45) is 11.8 Å². The lowest BCUT2D eigenvalue weighted by Gasteiger charge is -2.33. The summed E-state index contributed by atoms with van der Waals surface area (Å²) in [5.41, 5.74) is 0. The average molecular weight is 241 g/mol. The van der Waals surface area contributed by atoms with Gasteiger partial charge in [0.05, 0.1) is 26.2 Å². The highest BCUT2D eigenvalue weighted by Gasteiger charge is 2.30. The fraction of sp³-hybridized carbons (Fsp3) is 0.833. The first kappa shape index (κ1) is 12.4. The second-order valence-electron chi connectivity index (χ2n) is 4.79. The molecule has 2 aliphatic rings. The molecule has 17 heavy (non-hydrogen) atoms. The largest absolute Gasteiger partial charge is 0.469 e. The van der Waals surface area contributed by atoms with Crippen LogP contribution in [0.5, 0.6) is 0 Å². The summed E-state index contributed by atoms with van der Waals surface area (Å²) in [5, 5.41) is 0. The van der Waals surface area contributed by atoms with E-state index in [2.05, 4.69) is 0 Å². The molecule has 0 aliphatic carbocycles. The van der Waals surface area contributed by atoms with Gasteiger partial charge in [0.25, 0.3) is 0 Å². The average Bonchev–Trinajstić information content (AvgIpc) is 2.32. The van der Waals surface area contributed by atoms with E-state index in [0.717, 1.165) is 12.8 Å². The second-order valence-corrected chi connectivity index (χ2v) is 4.79. The molecule has 0 aromatic rings. The molecule has 0 saturated carbocycles. The maximum Gasteiger partial charge on any atom is 0.308 e. The first-order valence-electron chi connectivity index (χ1n) is 6.14. The molecule has 96 valence electrons. The van der Waals surface area contributed by atoms with Crippen LogP contribution in [0.2, 0.25) is 0 Å². The van der Waals surface area contributed by atoms with Crippen LogP contribution in [0.25, 0.3) is 0 Å². The molecule has 2 rings (SSSR count). The molecule has 0 N–H and O–H groups in total. The highest BCUT2D eigenvalue weighted by Crippen LogP contribution is 2.21. The number of carbonyl (C=O) groups is 2. The Morgan fingerprint density at radius 3 is 2.41 bits per heavy atom. The van der Waals surface area contributed by atoms with Gasteiger partial charge >= 0.3 is 5.97 Å². The van der Waals surface area contributed by atoms with Gasteiger partial charge in [0.2, 0.25) is 5.91 Å². The SMILES string of the molecule is COC(=O)C1CCN(C(=O)CC2COC2)CC1. The number of amides is 1. The van der Waals surface area contributed by atoms with Crippen molar-refractivity contribution in [1.82, 2.24) is 4.90 Å². The van der Waals surface area contributed by atoms with Crippen molar-refractivity contribution >= 4 is 11.9 Å². The molecule has 2 saturated heterocycles. The molecule has 0 atom stereocenters. The van der Waals surface area contributed by atoms with Gasteiger partial charge < -0.3 is 14.4 Å². The first-order chi connectivity index (χ1) is 8.20. The quantitative estimate of drug-likeness (QED) is 0.673. The Kier molecular flexibility index (Phi) is 3.99. The number of likely N-dealkylation sites (tertiary alicyclic amines) is 1. The number of hydrogen-bond acceptors (Lipinski definition) is 4. The molecule has 2 fully saturated rings. The molecule has 0 aromatic heterocycles. The normalized spacial score (nSPS) is 22.1. The van der Waals surface area contributed by atoms with Gasteiger partial charge in [-0.3, -0.25) is 9.59 Å². The molecular formula is C12H19NO4. The van der Waals surface area contributed by atoms with E-state index in [-0.39, 0.29) is 17.8 Å². The Morgan fingerprint density at radius 2 is 1.94 bits per heavy atom. The summed E-state index contributed by atoms with van der Waals surface area (Å²) >= 11 is 0. The lowest BCUT2D eigenvalue weighted by Crippen LogP contribution is -2.42. The van der Waals surface area contributed by atoms with Crippen LogP contribution in [0, 0.1) is 11.8 Å². The molecule has 0 spiro atoms. The minimum atomic E-state index is -0.149. The number of ether oxygens (including phenoxy) is 2. The Bertz CT molecular complexity index is 293. The van der Waals surface area contributed by atoms with Gasteiger partial charge in [-0.2, -0.15) is 0 Å². The summed E-state index contributed by atoms with van der Waals surface area (Å²) in [7, 11) is 1.41. The van der Waals surface area contributed by atoms with E-state index in [4.69, 9.17) is 9.47 Å². The van der Waals surface area contributed by atoms with E-state index in [1.165, 1.54) is 7.11 Å². The lowest BCUT2D eigenvalue weighted by atomic mass is 9.96. The zero-order chi connectivity index (χ0) is 12.3. The summed E-state index contributed by atoms with van der Waals surface area (Å²) in [6, 6.07) is 0. The van der Waals surface area contributed by atoms with E-state index in [1.807, 2.05) is 4.90 Å². The van der Waals surface area contributed by atoms with Crippen molar-refractivity contribution in [2.75, 3.05) is 33.4 Å². The van der Waals surface area contributed by atoms with Crippen LogP contribution < -0.4 is 0 Å². The molecule has 0 bridgehead atoms. The van der Waals surface area contributed by atoms with Gasteiger partial charge in [-0.1, -0.05) is 0 Å². The number of esters is 1. The van der Waals surface area contributed by atoms with E-state index >= 15 is 0 Å². The molecule has 0 aromatic carbocycles. The van der Waals surface area contributed by atoms with E-state index in [0.29, 0.717) is 38.6 Å². The Labute approximate surface area is 101 Å². The van der Waals surface area contributed by atoms with Crippen molar-refractivity contribution in [1.29, 1.82) is 0 Å². The van der Waals surface area contributed by atoms with Crippen LogP contribution in [0.15, 0.2) is 0 Å². The maximum absolute atomic E-state index is 11.9. The lowest BCUT2D eigenvalue weighted by molar-refractivity contribution is -0.149. The highest BCUT2D eigenvalue weighted by molar-refractivity contribution is 5.77. The third kappa shape index (κ3) is 2.97. The van der Waals surface area contributed by atoms with Crippen molar-refractivity contribution in [3.8, 4) is 0 Å². The monoisotopic (exact) mass is 241 g/mol. The highest BCUT2D eigenvalue weighted by atomic mass is 16.5. The summed E-state index contributed by atoms with van der Waals surface area (Å²) in [6.07, 6.45) is 2.03. The van der Waals surface area contributed by atoms with Crippen molar-refractivity contribution in [2.45, 2.75) is 19.3 Å². The first-order valence-corrected chi connectivity index (χ1v) is 6.14. The predicted molar refractivity (Wildman–Crippen MR) is 60.2 cm³/mol. The molecule has 1 amide bonds. The Morgan fingerprint density at radius 1 is 1.29 bits per heavy atom. The fourth-order valence-corrected chi connectivity index (χ4v) is 2.31. The zero-order valence-corrected chi connectivity index (χ0v) is 10.2. The van der Waals surface area contributed by atoms with Crippen molar-refractivity contribution in [3.63, 3.8) is 0 Å². The maximum atomic E-state index is 11.9. The van der Waals surface area contributed by atoms with Crippen molar-refractivity contribution < 1.29 is 19.1 Å². The predicted octanol–water partition coefficient (Wildman–Crippen LogP) is 0.434. The van der Waals surface area contributed by atoms with E-state index < -0.39 is 0 Å². The summed E-state index contributed by atoms with van der Waals surface area (Å²) in [5.74, 6) is 0.419. The molecule has 2 aliphatic heterocycles. The second kappa shape index (κ2) is 5.49. The van der Waals surface area contributed by atoms with Gasteiger partial charge in [0.1, 0.15) is 0 Å². The molecule has 0 unspecified atom stereocenters. The minimum absolute atomic E-state index is 0.0314. The fourth-order valence-electron chi connectivity index (χ4n) is 2.31. The molecular weight excluding hydrogens is 222 g/mol. The van der Waals surface area contributed by atoms with E-state index in [1.54, 1.807) is 0 Å². The summed E-state index contributed by atoms with van der Waals surface area (Å²) in [6.45, 7) is 2.77. The number of nitrogens with zero attached hydrogens (tertiary/aromatic N) is 1. The third-order valence-corrected chi connectivity index (χ3v) is 3.55. The van der Waals surface area contributed by atoms with Gasteiger partial charge in [0.15, 0.2) is 0 Å². The van der Waals surface area contributed by atoms with Crippen LogP contribution >= 0.6 is 0 Å². The topological polar surface area (TPSA) is 55.8 Å². The van der Waals surface area contributed by atoms with Crippen LogP contribution in [-0.4, -0.2) is 50.2 Å². The third-order valence-electron chi connectivity index (χ3n) is 3.55. The van der Waals surface area contributed by atoms with Crippen LogP contribution in [0.4, 0.5) is 0 Å². The number of methoxy groups -OCH3 is 1. The molecule has 5 heteroatoms. The van der Waals surface area contributed by atoms with Crippen molar-refractivity contribution in [3.05, 3.63) is 0 Å². The molecule has 2 heterocycles. The van der Waals surface area contributed by atoms with Crippen LogP contribution in [0.3, 0.4) is 0 Å². The van der Waals surface area contributed by atoms with Crippen LogP contribution in [0.1, 0.15) is 19.3 Å². The Balaban J connectivity index is 1.74. The summed E-state index contributed by atoms with van der Waals surface area (Å²) in [4.78, 5) is 25.1. The number of carbonyl (C=O) groups excluding carboxylic acids is 2. The smallest absolute Gasteiger partial charge is 0.308 e. The van der Waals surface area contributed by atoms with Gasteiger partial charge in [-0.15, -0.1) is 0 Å². The number of rotatable bonds is 3. The van der Waals surface area contributed by atoms with E-state index in [9.17, 15) is 9.59 Å². The van der Waals surface area contributed by atoms with Gasteiger partial charge in [-0.05, 0) is 12.8 Å². The van der Waals surface area contributed by atoms with Gasteiger partial charge in [0, 0.05) is 25.4 Å². The summed E-state index contributed by atoms with van der Waals surface area (Å²) < 4.78 is 9.77. The minimum Gasteiger partial charge on any atom is -0.469 e. The Hall–Kier alpha value is -1.10. The molecule has 5 nitrogen and oxygen atoms in total.